The molecular formula is C19H18N4OS. The molecule has 126 valence electrons. The van der Waals surface area contributed by atoms with E-state index < -0.39 is 0 Å². The van der Waals surface area contributed by atoms with Gasteiger partial charge in [-0.25, -0.2) is 4.99 Å². The summed E-state index contributed by atoms with van der Waals surface area (Å²) in [5.41, 5.74) is 3.32. The second kappa shape index (κ2) is 6.64. The topological polar surface area (TPSA) is 50.5 Å². The highest BCUT2D eigenvalue weighted by molar-refractivity contribution is 7.07. The van der Waals surface area contributed by atoms with Crippen LogP contribution in [0.3, 0.4) is 0 Å². The normalized spacial score (nSPS) is 14.3. The predicted octanol–water partition coefficient (Wildman–Crippen LogP) is 1.75. The van der Waals surface area contributed by atoms with Crippen LogP contribution < -0.4 is 19.8 Å². The Morgan fingerprint density at radius 1 is 1.24 bits per heavy atom. The minimum atomic E-state index is 0.00230. The van der Waals surface area contributed by atoms with Crippen molar-refractivity contribution in [2.45, 2.75) is 20.0 Å². The van der Waals surface area contributed by atoms with E-state index in [1.807, 2.05) is 18.2 Å². The van der Waals surface area contributed by atoms with Crippen molar-refractivity contribution in [3.8, 4) is 0 Å². The summed E-state index contributed by atoms with van der Waals surface area (Å²) in [4.78, 5) is 24.3. The molecule has 0 amide bonds. The highest BCUT2D eigenvalue weighted by Gasteiger charge is 2.15. The summed E-state index contributed by atoms with van der Waals surface area (Å²) in [5, 5.41) is 0. The van der Waals surface area contributed by atoms with Crippen molar-refractivity contribution < 1.29 is 0 Å². The zero-order valence-corrected chi connectivity index (χ0v) is 14.7. The largest absolute Gasteiger partial charge is 0.334 e. The second-order valence-corrected chi connectivity index (χ2v) is 6.92. The van der Waals surface area contributed by atoms with E-state index >= 15 is 0 Å². The molecule has 0 fully saturated rings. The third kappa shape index (κ3) is 3.13. The van der Waals surface area contributed by atoms with Crippen molar-refractivity contribution in [3.63, 3.8) is 0 Å². The molecular weight excluding hydrogens is 332 g/mol. The summed E-state index contributed by atoms with van der Waals surface area (Å²) in [7, 11) is 0. The number of thiazole rings is 1. The Balaban J connectivity index is 1.68. The van der Waals surface area contributed by atoms with Crippen molar-refractivity contribution in [2.24, 2.45) is 4.99 Å². The van der Waals surface area contributed by atoms with E-state index in [0.717, 1.165) is 22.5 Å². The first kappa shape index (κ1) is 15.8. The molecule has 0 aliphatic carbocycles. The van der Waals surface area contributed by atoms with Crippen molar-refractivity contribution in [2.75, 3.05) is 11.6 Å². The van der Waals surface area contributed by atoms with Crippen molar-refractivity contribution >= 4 is 23.1 Å². The lowest BCUT2D eigenvalue weighted by atomic mass is 10.1. The van der Waals surface area contributed by atoms with Gasteiger partial charge in [-0.1, -0.05) is 36.5 Å². The molecule has 0 atom stereocenters. The molecule has 0 radical (unpaired) electrons. The highest BCUT2D eigenvalue weighted by atomic mass is 32.1. The number of pyridine rings is 1. The maximum atomic E-state index is 12.7. The van der Waals surface area contributed by atoms with Gasteiger partial charge in [0.25, 0.3) is 5.56 Å². The van der Waals surface area contributed by atoms with E-state index in [2.05, 4.69) is 46.1 Å². The van der Waals surface area contributed by atoms with Gasteiger partial charge >= 0.3 is 0 Å². The molecule has 0 spiro atoms. The van der Waals surface area contributed by atoms with Gasteiger partial charge in [0, 0.05) is 18.1 Å². The van der Waals surface area contributed by atoms with E-state index in [9.17, 15) is 4.79 Å². The van der Waals surface area contributed by atoms with Crippen LogP contribution >= 0.6 is 11.3 Å². The number of hydrogen-bond donors (Lipinski definition) is 0. The molecule has 0 saturated heterocycles. The van der Waals surface area contributed by atoms with E-state index in [0.29, 0.717) is 17.9 Å². The van der Waals surface area contributed by atoms with Gasteiger partial charge in [0.15, 0.2) is 4.80 Å². The molecule has 1 aliphatic rings. The summed E-state index contributed by atoms with van der Waals surface area (Å²) in [5.74, 6) is 0. The van der Waals surface area contributed by atoms with E-state index in [1.165, 1.54) is 16.9 Å². The van der Waals surface area contributed by atoms with Gasteiger partial charge in [-0.15, -0.1) is 0 Å². The van der Waals surface area contributed by atoms with Gasteiger partial charge in [-0.2, -0.15) is 0 Å². The average Bonchev–Trinajstić information content (AvgIpc) is 2.98. The number of aromatic nitrogens is 2. The number of aryl methyl sites for hydroxylation is 1. The first-order chi connectivity index (χ1) is 12.2. The van der Waals surface area contributed by atoms with Crippen LogP contribution in [0.2, 0.25) is 0 Å². The van der Waals surface area contributed by atoms with Gasteiger partial charge in [-0.3, -0.25) is 14.3 Å². The predicted molar refractivity (Wildman–Crippen MR) is 100 cm³/mol. The smallest absolute Gasteiger partial charge is 0.271 e. The van der Waals surface area contributed by atoms with E-state index in [-0.39, 0.29) is 5.56 Å². The summed E-state index contributed by atoms with van der Waals surface area (Å²) >= 11 is 1.43. The zero-order valence-electron chi connectivity index (χ0n) is 13.9. The fourth-order valence-electron chi connectivity index (χ4n) is 2.83. The molecule has 6 heteroatoms. The summed E-state index contributed by atoms with van der Waals surface area (Å²) in [6.07, 6.45) is 6.37. The molecule has 0 N–H and O–H groups in total. The van der Waals surface area contributed by atoms with Crippen molar-refractivity contribution in [3.05, 3.63) is 79.6 Å². The quantitative estimate of drug-likeness (QED) is 0.723. The zero-order chi connectivity index (χ0) is 17.2. The first-order valence-electron chi connectivity index (χ1n) is 8.24. The Hall–Kier alpha value is -2.73. The Bertz CT molecular complexity index is 1050. The Morgan fingerprint density at radius 2 is 2.08 bits per heavy atom. The number of anilines is 1. The van der Waals surface area contributed by atoms with Gasteiger partial charge in [0.05, 0.1) is 4.53 Å². The maximum absolute atomic E-state index is 12.7. The standard InChI is InChI=1S/C19H18N4OS/c1-2-14-5-7-16(8-6-14)22-12-21-19-23(13-22)18(24)17(25-19)10-15-4-3-9-20-11-15/h3-11H,2,12-13H2,1H3. The average molecular weight is 350 g/mol. The molecule has 25 heavy (non-hydrogen) atoms. The van der Waals surface area contributed by atoms with Crippen LogP contribution in [-0.4, -0.2) is 16.2 Å². The minimum absolute atomic E-state index is 0.00230. The fourth-order valence-corrected chi connectivity index (χ4v) is 3.79. The van der Waals surface area contributed by atoms with Crippen LogP contribution in [0.25, 0.3) is 6.08 Å². The lowest BCUT2D eigenvalue weighted by molar-refractivity contribution is 0.569. The molecule has 2 aromatic heterocycles. The molecule has 5 nitrogen and oxygen atoms in total. The van der Waals surface area contributed by atoms with Gasteiger partial charge in [0.1, 0.15) is 13.3 Å². The molecule has 0 bridgehead atoms. The van der Waals surface area contributed by atoms with Crippen molar-refractivity contribution in [1.29, 1.82) is 0 Å². The Kier molecular flexibility index (Phi) is 4.19. The third-order valence-electron chi connectivity index (χ3n) is 4.27. The number of nitrogens with zero attached hydrogens (tertiary/aromatic N) is 4. The van der Waals surface area contributed by atoms with Gasteiger partial charge in [0.2, 0.25) is 0 Å². The van der Waals surface area contributed by atoms with Crippen LogP contribution in [0.15, 0.2) is 58.6 Å². The Morgan fingerprint density at radius 3 is 2.80 bits per heavy atom. The van der Waals surface area contributed by atoms with Crippen LogP contribution in [0.1, 0.15) is 18.1 Å². The second-order valence-electron chi connectivity index (χ2n) is 5.91. The minimum Gasteiger partial charge on any atom is -0.334 e. The first-order valence-corrected chi connectivity index (χ1v) is 9.06. The third-order valence-corrected chi connectivity index (χ3v) is 5.31. The molecule has 4 rings (SSSR count). The number of hydrogen-bond acceptors (Lipinski definition) is 5. The number of benzene rings is 1. The van der Waals surface area contributed by atoms with Crippen molar-refractivity contribution in [1.82, 2.24) is 9.55 Å². The molecule has 3 heterocycles. The molecule has 0 unspecified atom stereocenters. The van der Waals surface area contributed by atoms with E-state index in [1.54, 1.807) is 17.0 Å². The molecule has 1 aromatic carbocycles. The van der Waals surface area contributed by atoms with Crippen LogP contribution in [-0.2, 0) is 13.1 Å². The van der Waals surface area contributed by atoms with Gasteiger partial charge < -0.3 is 4.90 Å². The summed E-state index contributed by atoms with van der Waals surface area (Å²) in [6.45, 7) is 3.24. The SMILES string of the molecule is CCc1ccc(N2CN=c3sc(=Cc4cccnc4)c(=O)n3C2)cc1. The lowest BCUT2D eigenvalue weighted by Crippen LogP contribution is -2.42. The Labute approximate surface area is 149 Å². The maximum Gasteiger partial charge on any atom is 0.271 e. The molecule has 3 aromatic rings. The summed E-state index contributed by atoms with van der Waals surface area (Å²) in [6, 6.07) is 12.3. The summed E-state index contributed by atoms with van der Waals surface area (Å²) < 4.78 is 2.43. The van der Waals surface area contributed by atoms with E-state index in [4.69, 9.17) is 0 Å². The molecule has 0 saturated carbocycles. The fraction of sp³-hybridized carbons (Fsp3) is 0.211. The van der Waals surface area contributed by atoms with Crippen LogP contribution in [0, 0.1) is 0 Å². The lowest BCUT2D eigenvalue weighted by Gasteiger charge is -2.25. The van der Waals surface area contributed by atoms with Crippen LogP contribution in [0.4, 0.5) is 5.69 Å². The number of rotatable bonds is 3. The molecule has 1 aliphatic heterocycles. The number of fused-ring (bicyclic) bond motifs is 1. The van der Waals surface area contributed by atoms with Crippen LogP contribution in [0.5, 0.6) is 0 Å². The highest BCUT2D eigenvalue weighted by Crippen LogP contribution is 2.17. The monoisotopic (exact) mass is 350 g/mol. The van der Waals surface area contributed by atoms with Gasteiger partial charge in [-0.05, 0) is 41.8 Å².